The highest BCUT2D eigenvalue weighted by Crippen LogP contribution is 2.28. The molecule has 0 fully saturated rings. The van der Waals surface area contributed by atoms with Crippen LogP contribution in [0, 0.1) is 5.92 Å². The molecule has 0 heterocycles. The second-order valence-electron chi connectivity index (χ2n) is 3.32. The van der Waals surface area contributed by atoms with Gasteiger partial charge in [-0.2, -0.15) is 0 Å². The predicted octanol–water partition coefficient (Wildman–Crippen LogP) is 3.08. The van der Waals surface area contributed by atoms with Gasteiger partial charge in [0.15, 0.2) is 0 Å². The highest BCUT2D eigenvalue weighted by Gasteiger charge is 2.03. The molecule has 1 aromatic carbocycles. The lowest BCUT2D eigenvalue weighted by Gasteiger charge is -2.09. The summed E-state index contributed by atoms with van der Waals surface area (Å²) < 4.78 is 5.39. The maximum Gasteiger partial charge on any atom is 0.141 e. The number of phenolic OH excluding ortho intramolecular Hbond substituents is 1. The standard InChI is InChI=1S/C10H13ClO2/c1-7(2)6-13-10-5-8(12)3-4-9(10)11/h3-5,7,12H,6H2,1-2H3. The molecule has 0 spiro atoms. The number of hydrogen-bond donors (Lipinski definition) is 1. The summed E-state index contributed by atoms with van der Waals surface area (Å²) in [6.45, 7) is 4.70. The zero-order valence-corrected chi connectivity index (χ0v) is 8.51. The molecule has 0 aliphatic carbocycles. The van der Waals surface area contributed by atoms with E-state index in [1.807, 2.05) is 0 Å². The van der Waals surface area contributed by atoms with Crippen LogP contribution in [0.4, 0.5) is 0 Å². The molecular formula is C10H13ClO2. The van der Waals surface area contributed by atoms with Gasteiger partial charge >= 0.3 is 0 Å². The molecule has 0 aliphatic rings. The molecule has 13 heavy (non-hydrogen) atoms. The van der Waals surface area contributed by atoms with Crippen LogP contribution in [0.2, 0.25) is 5.02 Å². The molecule has 0 aliphatic heterocycles. The fourth-order valence-electron chi connectivity index (χ4n) is 0.859. The molecule has 0 atom stereocenters. The highest BCUT2D eigenvalue weighted by molar-refractivity contribution is 6.32. The molecule has 0 aromatic heterocycles. The van der Waals surface area contributed by atoms with Crippen molar-refractivity contribution >= 4 is 11.6 Å². The van der Waals surface area contributed by atoms with Crippen LogP contribution in [-0.4, -0.2) is 11.7 Å². The van der Waals surface area contributed by atoms with Crippen molar-refractivity contribution in [3.8, 4) is 11.5 Å². The average molecular weight is 201 g/mol. The zero-order valence-electron chi connectivity index (χ0n) is 7.75. The van der Waals surface area contributed by atoms with E-state index < -0.39 is 0 Å². The van der Waals surface area contributed by atoms with Gasteiger partial charge in [0.1, 0.15) is 11.5 Å². The molecule has 1 rings (SSSR count). The Kier molecular flexibility index (Phi) is 3.43. The van der Waals surface area contributed by atoms with Gasteiger partial charge in [0.25, 0.3) is 0 Å². The highest BCUT2D eigenvalue weighted by atomic mass is 35.5. The molecule has 0 bridgehead atoms. The molecule has 3 heteroatoms. The Labute approximate surface area is 83.1 Å². The first-order valence-electron chi connectivity index (χ1n) is 4.21. The van der Waals surface area contributed by atoms with Crippen LogP contribution in [0.5, 0.6) is 11.5 Å². The van der Waals surface area contributed by atoms with E-state index in [4.69, 9.17) is 21.4 Å². The van der Waals surface area contributed by atoms with E-state index in [9.17, 15) is 0 Å². The summed E-state index contributed by atoms with van der Waals surface area (Å²) in [7, 11) is 0. The van der Waals surface area contributed by atoms with Gasteiger partial charge in [0.2, 0.25) is 0 Å². The van der Waals surface area contributed by atoms with E-state index in [-0.39, 0.29) is 5.75 Å². The lowest BCUT2D eigenvalue weighted by atomic mass is 10.2. The predicted molar refractivity (Wildman–Crippen MR) is 53.4 cm³/mol. The summed E-state index contributed by atoms with van der Waals surface area (Å²) >= 11 is 5.84. The molecule has 2 nitrogen and oxygen atoms in total. The minimum atomic E-state index is 0.170. The van der Waals surface area contributed by atoms with Gasteiger partial charge in [-0.25, -0.2) is 0 Å². The Morgan fingerprint density at radius 1 is 1.46 bits per heavy atom. The smallest absolute Gasteiger partial charge is 0.141 e. The lowest BCUT2D eigenvalue weighted by Crippen LogP contribution is -2.04. The number of halogens is 1. The molecule has 0 unspecified atom stereocenters. The molecule has 0 amide bonds. The minimum absolute atomic E-state index is 0.170. The first-order valence-corrected chi connectivity index (χ1v) is 4.58. The third-order valence-electron chi connectivity index (χ3n) is 1.49. The second-order valence-corrected chi connectivity index (χ2v) is 3.73. The molecule has 1 N–H and O–H groups in total. The van der Waals surface area contributed by atoms with Crippen molar-refractivity contribution in [3.63, 3.8) is 0 Å². The normalized spacial score (nSPS) is 10.5. The van der Waals surface area contributed by atoms with Crippen LogP contribution in [0.25, 0.3) is 0 Å². The molecule has 72 valence electrons. The van der Waals surface area contributed by atoms with E-state index in [1.165, 1.54) is 12.1 Å². The SMILES string of the molecule is CC(C)COc1cc(O)ccc1Cl. The summed E-state index contributed by atoms with van der Waals surface area (Å²) in [5.74, 6) is 1.15. The van der Waals surface area contributed by atoms with Gasteiger partial charge in [0.05, 0.1) is 11.6 Å². The van der Waals surface area contributed by atoms with Gasteiger partial charge < -0.3 is 9.84 Å². The van der Waals surface area contributed by atoms with Crippen molar-refractivity contribution in [1.82, 2.24) is 0 Å². The van der Waals surface area contributed by atoms with Crippen molar-refractivity contribution in [2.75, 3.05) is 6.61 Å². The number of phenols is 1. The number of hydrogen-bond acceptors (Lipinski definition) is 2. The van der Waals surface area contributed by atoms with Crippen molar-refractivity contribution < 1.29 is 9.84 Å². The van der Waals surface area contributed by atoms with Crippen LogP contribution in [-0.2, 0) is 0 Å². The van der Waals surface area contributed by atoms with E-state index in [1.54, 1.807) is 6.07 Å². The molecule has 1 aromatic rings. The van der Waals surface area contributed by atoms with E-state index in [0.717, 1.165) is 0 Å². The Morgan fingerprint density at radius 2 is 2.15 bits per heavy atom. The average Bonchev–Trinajstić information content (AvgIpc) is 2.06. The number of benzene rings is 1. The summed E-state index contributed by atoms with van der Waals surface area (Å²) in [6.07, 6.45) is 0. The molecule has 0 radical (unpaired) electrons. The van der Waals surface area contributed by atoms with Crippen LogP contribution in [0.1, 0.15) is 13.8 Å². The Hall–Kier alpha value is -0.890. The Bertz CT molecular complexity index is 284. The van der Waals surface area contributed by atoms with E-state index >= 15 is 0 Å². The van der Waals surface area contributed by atoms with Crippen molar-refractivity contribution in [1.29, 1.82) is 0 Å². The summed E-state index contributed by atoms with van der Waals surface area (Å²) in [5.41, 5.74) is 0. The van der Waals surface area contributed by atoms with Crippen LogP contribution >= 0.6 is 11.6 Å². The quantitative estimate of drug-likeness (QED) is 0.813. The largest absolute Gasteiger partial charge is 0.508 e. The zero-order chi connectivity index (χ0) is 9.84. The molecular weight excluding hydrogens is 188 g/mol. The van der Waals surface area contributed by atoms with E-state index in [2.05, 4.69) is 13.8 Å². The van der Waals surface area contributed by atoms with Crippen molar-refractivity contribution in [2.24, 2.45) is 5.92 Å². The first kappa shape index (κ1) is 10.2. The maximum absolute atomic E-state index is 9.16. The number of rotatable bonds is 3. The monoisotopic (exact) mass is 200 g/mol. The number of ether oxygens (including phenoxy) is 1. The summed E-state index contributed by atoms with van der Waals surface area (Å²) in [4.78, 5) is 0. The topological polar surface area (TPSA) is 29.5 Å². The second kappa shape index (κ2) is 4.38. The van der Waals surface area contributed by atoms with Crippen LogP contribution < -0.4 is 4.74 Å². The molecule has 0 saturated carbocycles. The van der Waals surface area contributed by atoms with Gasteiger partial charge in [-0.1, -0.05) is 25.4 Å². The van der Waals surface area contributed by atoms with Gasteiger partial charge in [-0.3, -0.25) is 0 Å². The van der Waals surface area contributed by atoms with Crippen molar-refractivity contribution in [3.05, 3.63) is 23.2 Å². The minimum Gasteiger partial charge on any atom is -0.508 e. The van der Waals surface area contributed by atoms with Gasteiger partial charge in [0, 0.05) is 6.07 Å². The third-order valence-corrected chi connectivity index (χ3v) is 1.80. The van der Waals surface area contributed by atoms with E-state index in [0.29, 0.717) is 23.3 Å². The van der Waals surface area contributed by atoms with Crippen molar-refractivity contribution in [2.45, 2.75) is 13.8 Å². The third kappa shape index (κ3) is 3.15. The molecule has 0 saturated heterocycles. The maximum atomic E-state index is 9.16. The number of aromatic hydroxyl groups is 1. The van der Waals surface area contributed by atoms with Gasteiger partial charge in [-0.15, -0.1) is 0 Å². The lowest BCUT2D eigenvalue weighted by molar-refractivity contribution is 0.270. The van der Waals surface area contributed by atoms with Crippen LogP contribution in [0.3, 0.4) is 0 Å². The Morgan fingerprint density at radius 3 is 2.77 bits per heavy atom. The summed E-state index contributed by atoms with van der Waals surface area (Å²) in [6, 6.07) is 4.67. The Balaban J connectivity index is 2.70. The summed E-state index contributed by atoms with van der Waals surface area (Å²) in [5, 5.41) is 9.69. The fraction of sp³-hybridized carbons (Fsp3) is 0.400. The van der Waals surface area contributed by atoms with Gasteiger partial charge in [-0.05, 0) is 18.1 Å². The van der Waals surface area contributed by atoms with Crippen LogP contribution in [0.15, 0.2) is 18.2 Å². The first-order chi connectivity index (χ1) is 6.09. The fourth-order valence-corrected chi connectivity index (χ4v) is 1.03.